The zero-order valence-corrected chi connectivity index (χ0v) is 13.1. The molecule has 0 fully saturated rings. The molecule has 0 atom stereocenters. The van der Waals surface area contributed by atoms with Crippen molar-refractivity contribution in [2.75, 3.05) is 20.3 Å². The van der Waals surface area contributed by atoms with E-state index >= 15 is 0 Å². The zero-order valence-electron chi connectivity index (χ0n) is 11.5. The summed E-state index contributed by atoms with van der Waals surface area (Å²) < 4.78 is 24.2. The van der Waals surface area contributed by atoms with E-state index < -0.39 is 0 Å². The van der Waals surface area contributed by atoms with Gasteiger partial charge in [0.1, 0.15) is 11.6 Å². The summed E-state index contributed by atoms with van der Waals surface area (Å²) >= 11 is 3.28. The van der Waals surface area contributed by atoms with Crippen molar-refractivity contribution in [2.45, 2.75) is 6.54 Å². The van der Waals surface area contributed by atoms with Crippen LogP contribution < -0.4 is 10.1 Å². The van der Waals surface area contributed by atoms with Gasteiger partial charge in [0.05, 0.1) is 11.1 Å². The molecule has 0 saturated carbocycles. The first-order chi connectivity index (χ1) is 10.2. The zero-order chi connectivity index (χ0) is 15.1. The average molecular weight is 356 g/mol. The SMILES string of the molecule is COCCNCc1cnc(Oc2cc(F)ccc2Br)nc1. The number of hydrogen-bond donors (Lipinski definition) is 1. The van der Waals surface area contributed by atoms with Crippen LogP contribution in [-0.4, -0.2) is 30.2 Å². The smallest absolute Gasteiger partial charge is 0.321 e. The Bertz CT molecular complexity index is 581. The topological polar surface area (TPSA) is 56.3 Å². The molecule has 0 spiro atoms. The molecule has 2 rings (SSSR count). The highest BCUT2D eigenvalue weighted by atomic mass is 79.9. The molecule has 7 heteroatoms. The van der Waals surface area contributed by atoms with Crippen LogP contribution in [0.15, 0.2) is 35.1 Å². The van der Waals surface area contributed by atoms with Crippen molar-refractivity contribution in [3.05, 3.63) is 46.4 Å². The summed E-state index contributed by atoms with van der Waals surface area (Å²) in [6.45, 7) is 2.05. The van der Waals surface area contributed by atoms with Crippen molar-refractivity contribution in [3.8, 4) is 11.8 Å². The molecule has 1 heterocycles. The molecular formula is C14H15BrFN3O2. The van der Waals surface area contributed by atoms with Crippen LogP contribution in [-0.2, 0) is 11.3 Å². The Kier molecular flexibility index (Phi) is 6.04. The third-order valence-electron chi connectivity index (χ3n) is 2.59. The second-order valence-corrected chi connectivity index (χ2v) is 5.07. The van der Waals surface area contributed by atoms with Crippen molar-refractivity contribution in [2.24, 2.45) is 0 Å². The van der Waals surface area contributed by atoms with Crippen LogP contribution in [0.3, 0.4) is 0 Å². The van der Waals surface area contributed by atoms with Gasteiger partial charge in [-0.25, -0.2) is 14.4 Å². The van der Waals surface area contributed by atoms with Gasteiger partial charge in [0, 0.05) is 44.2 Å². The molecular weight excluding hydrogens is 341 g/mol. The van der Waals surface area contributed by atoms with Crippen molar-refractivity contribution in [1.29, 1.82) is 0 Å². The number of hydrogen-bond acceptors (Lipinski definition) is 5. The number of rotatable bonds is 7. The van der Waals surface area contributed by atoms with Crippen molar-refractivity contribution in [3.63, 3.8) is 0 Å². The maximum absolute atomic E-state index is 13.2. The maximum atomic E-state index is 13.2. The second-order valence-electron chi connectivity index (χ2n) is 4.22. The first-order valence-electron chi connectivity index (χ1n) is 6.32. The molecule has 0 amide bonds. The van der Waals surface area contributed by atoms with E-state index in [4.69, 9.17) is 9.47 Å². The highest BCUT2D eigenvalue weighted by Crippen LogP contribution is 2.28. The van der Waals surface area contributed by atoms with Gasteiger partial charge in [-0.3, -0.25) is 0 Å². The minimum absolute atomic E-state index is 0.168. The lowest BCUT2D eigenvalue weighted by molar-refractivity contribution is 0.199. The van der Waals surface area contributed by atoms with E-state index in [1.807, 2.05) is 0 Å². The standard InChI is InChI=1S/C14H15BrFN3O2/c1-20-5-4-17-7-10-8-18-14(19-9-10)21-13-6-11(16)2-3-12(13)15/h2-3,6,8-9,17H,4-5,7H2,1H3. The van der Waals surface area contributed by atoms with Gasteiger partial charge in [-0.2, -0.15) is 0 Å². The normalized spacial score (nSPS) is 10.6. The first kappa shape index (κ1) is 15.8. The molecule has 0 aliphatic rings. The fourth-order valence-corrected chi connectivity index (χ4v) is 1.88. The molecule has 1 aromatic heterocycles. The van der Waals surface area contributed by atoms with Gasteiger partial charge in [-0.15, -0.1) is 0 Å². The molecule has 0 saturated heterocycles. The van der Waals surface area contributed by atoms with E-state index in [0.717, 1.165) is 12.1 Å². The maximum Gasteiger partial charge on any atom is 0.321 e. The fraction of sp³-hybridized carbons (Fsp3) is 0.286. The van der Waals surface area contributed by atoms with E-state index in [9.17, 15) is 4.39 Å². The number of aromatic nitrogens is 2. The van der Waals surface area contributed by atoms with Gasteiger partial charge in [-0.1, -0.05) is 0 Å². The lowest BCUT2D eigenvalue weighted by atomic mass is 10.3. The van der Waals surface area contributed by atoms with Crippen LogP contribution in [0.5, 0.6) is 11.8 Å². The predicted octanol–water partition coefficient (Wildman–Crippen LogP) is 2.91. The predicted molar refractivity (Wildman–Crippen MR) is 79.8 cm³/mol. The van der Waals surface area contributed by atoms with Crippen molar-refractivity contribution >= 4 is 15.9 Å². The highest BCUT2D eigenvalue weighted by Gasteiger charge is 2.06. The van der Waals surface area contributed by atoms with Crippen LogP contribution in [0, 0.1) is 5.82 Å². The molecule has 0 aliphatic heterocycles. The quantitative estimate of drug-likeness (QED) is 0.774. The molecule has 1 aromatic carbocycles. The molecule has 1 N–H and O–H groups in total. The third kappa shape index (κ3) is 5.04. The molecule has 0 aliphatic carbocycles. The van der Waals surface area contributed by atoms with Gasteiger partial charge in [-0.05, 0) is 28.1 Å². The van der Waals surface area contributed by atoms with Gasteiger partial charge < -0.3 is 14.8 Å². The summed E-state index contributed by atoms with van der Waals surface area (Å²) in [5.41, 5.74) is 0.928. The lowest BCUT2D eigenvalue weighted by Gasteiger charge is -2.07. The van der Waals surface area contributed by atoms with Crippen LogP contribution in [0.4, 0.5) is 4.39 Å². The number of methoxy groups -OCH3 is 1. The summed E-state index contributed by atoms with van der Waals surface area (Å²) in [6, 6.07) is 4.35. The largest absolute Gasteiger partial charge is 0.423 e. The molecule has 2 aromatic rings. The van der Waals surface area contributed by atoms with E-state index in [1.54, 1.807) is 25.6 Å². The lowest BCUT2D eigenvalue weighted by Crippen LogP contribution is -2.18. The van der Waals surface area contributed by atoms with Crippen molar-refractivity contribution < 1.29 is 13.9 Å². The molecule has 0 radical (unpaired) electrons. The Balaban J connectivity index is 1.94. The van der Waals surface area contributed by atoms with Gasteiger partial charge >= 0.3 is 6.01 Å². The Morgan fingerprint density at radius 2 is 2.05 bits per heavy atom. The van der Waals surface area contributed by atoms with Crippen LogP contribution in [0.1, 0.15) is 5.56 Å². The van der Waals surface area contributed by atoms with E-state index in [0.29, 0.717) is 23.4 Å². The van der Waals surface area contributed by atoms with Crippen LogP contribution in [0.2, 0.25) is 0 Å². The number of halogens is 2. The first-order valence-corrected chi connectivity index (χ1v) is 7.12. The molecule has 112 valence electrons. The van der Waals surface area contributed by atoms with Crippen LogP contribution in [0.25, 0.3) is 0 Å². The van der Waals surface area contributed by atoms with Gasteiger partial charge in [0.2, 0.25) is 0 Å². The van der Waals surface area contributed by atoms with Crippen molar-refractivity contribution in [1.82, 2.24) is 15.3 Å². The highest BCUT2D eigenvalue weighted by molar-refractivity contribution is 9.10. The molecule has 0 unspecified atom stereocenters. The Labute approximate surface area is 130 Å². The van der Waals surface area contributed by atoms with E-state index in [2.05, 4.69) is 31.2 Å². The van der Waals surface area contributed by atoms with Crippen LogP contribution >= 0.6 is 15.9 Å². The number of benzene rings is 1. The molecule has 0 bridgehead atoms. The van der Waals surface area contributed by atoms with E-state index in [-0.39, 0.29) is 11.8 Å². The molecule has 5 nitrogen and oxygen atoms in total. The number of nitrogens with one attached hydrogen (secondary N) is 1. The van der Waals surface area contributed by atoms with E-state index in [1.165, 1.54) is 12.1 Å². The summed E-state index contributed by atoms with van der Waals surface area (Å²) in [5.74, 6) is -0.0480. The minimum atomic E-state index is -0.382. The number of ether oxygens (including phenoxy) is 2. The average Bonchev–Trinajstić information content (AvgIpc) is 2.49. The Morgan fingerprint density at radius 3 is 2.76 bits per heavy atom. The summed E-state index contributed by atoms with van der Waals surface area (Å²) in [5, 5.41) is 3.19. The van der Waals surface area contributed by atoms with Gasteiger partial charge in [0.15, 0.2) is 0 Å². The Hall–Kier alpha value is -1.57. The molecule has 21 heavy (non-hydrogen) atoms. The second kappa shape index (κ2) is 8.02. The monoisotopic (exact) mass is 355 g/mol. The summed E-state index contributed by atoms with van der Waals surface area (Å²) in [4.78, 5) is 8.19. The number of nitrogens with zero attached hydrogens (tertiary/aromatic N) is 2. The minimum Gasteiger partial charge on any atom is -0.423 e. The summed E-state index contributed by atoms with van der Waals surface area (Å²) in [6.07, 6.45) is 3.32. The van der Waals surface area contributed by atoms with Gasteiger partial charge in [0.25, 0.3) is 0 Å². The Morgan fingerprint density at radius 1 is 1.29 bits per heavy atom. The fourth-order valence-electron chi connectivity index (χ4n) is 1.55. The third-order valence-corrected chi connectivity index (χ3v) is 3.24. The summed E-state index contributed by atoms with van der Waals surface area (Å²) in [7, 11) is 1.65.